The molecule has 0 fully saturated rings. The van der Waals surface area contributed by atoms with Crippen LogP contribution in [-0.4, -0.2) is 19.7 Å². The zero-order chi connectivity index (χ0) is 17.2. The Labute approximate surface area is 154 Å². The Kier molecular flexibility index (Phi) is 5.70. The summed E-state index contributed by atoms with van der Waals surface area (Å²) in [7, 11) is -3.91. The maximum atomic E-state index is 13.0. The Hall–Kier alpha value is -1.12. The molecular formula is C16H15ClINO3S. The number of halogens is 2. The lowest BCUT2D eigenvalue weighted by molar-refractivity contribution is -0.112. The average Bonchev–Trinajstić information content (AvgIpc) is 2.47. The van der Waals surface area contributed by atoms with E-state index in [1.54, 1.807) is 30.3 Å². The molecule has 0 aromatic heterocycles. The highest BCUT2D eigenvalue weighted by Gasteiger charge is 2.32. The van der Waals surface area contributed by atoms with E-state index in [0.29, 0.717) is 5.69 Å². The second-order valence-electron chi connectivity index (χ2n) is 5.07. The topological polar surface area (TPSA) is 54.5 Å². The van der Waals surface area contributed by atoms with Crippen LogP contribution < -0.4 is 4.31 Å². The molecule has 23 heavy (non-hydrogen) atoms. The number of carbonyl (C=O) groups excluding carboxylic acids is 1. The molecule has 1 unspecified atom stereocenters. The third-order valence-corrected chi connectivity index (χ3v) is 6.22. The summed E-state index contributed by atoms with van der Waals surface area (Å²) in [5, 5.41) is -0.737. The van der Waals surface area contributed by atoms with Crippen molar-refractivity contribution in [3.8, 4) is 0 Å². The summed E-state index contributed by atoms with van der Waals surface area (Å²) in [5.41, 5.74) is 1.35. The van der Waals surface area contributed by atoms with Gasteiger partial charge in [-0.3, -0.25) is 9.10 Å². The fraction of sp³-hybridized carbons (Fsp3) is 0.188. The summed E-state index contributed by atoms with van der Waals surface area (Å²) in [6, 6.07) is 12.4. The molecule has 7 heteroatoms. The zero-order valence-corrected chi connectivity index (χ0v) is 16.3. The van der Waals surface area contributed by atoms with Crippen LogP contribution in [0.25, 0.3) is 0 Å². The van der Waals surface area contributed by atoms with Gasteiger partial charge in [0.05, 0.1) is 10.6 Å². The van der Waals surface area contributed by atoms with Crippen molar-refractivity contribution in [3.05, 3.63) is 57.7 Å². The predicted octanol–water partition coefficient (Wildman–Crippen LogP) is 3.95. The Morgan fingerprint density at radius 3 is 2.30 bits per heavy atom. The van der Waals surface area contributed by atoms with Crippen LogP contribution in [0.1, 0.15) is 12.5 Å². The lowest BCUT2D eigenvalue weighted by atomic mass is 10.2. The van der Waals surface area contributed by atoms with E-state index in [2.05, 4.69) is 22.6 Å². The molecule has 0 spiro atoms. The molecule has 1 atom stereocenters. The lowest BCUT2D eigenvalue weighted by Crippen LogP contribution is -2.42. The highest BCUT2D eigenvalue weighted by molar-refractivity contribution is 14.1. The molecule has 2 rings (SSSR count). The third-order valence-electron chi connectivity index (χ3n) is 3.32. The summed E-state index contributed by atoms with van der Waals surface area (Å²) in [6.07, 6.45) is 0. The minimum Gasteiger partial charge on any atom is -0.279 e. The van der Waals surface area contributed by atoms with Crippen molar-refractivity contribution >= 4 is 55.1 Å². The van der Waals surface area contributed by atoms with Crippen molar-refractivity contribution < 1.29 is 13.2 Å². The first-order valence-corrected chi connectivity index (χ1v) is 9.69. The maximum absolute atomic E-state index is 13.0. The fourth-order valence-corrected chi connectivity index (χ4v) is 4.39. The lowest BCUT2D eigenvalue weighted by Gasteiger charge is -2.28. The summed E-state index contributed by atoms with van der Waals surface area (Å²) in [6.45, 7) is 3.35. The number of hydrogen-bond acceptors (Lipinski definition) is 3. The van der Waals surface area contributed by atoms with Gasteiger partial charge in [-0.05, 0) is 78.4 Å². The third kappa shape index (κ3) is 4.05. The van der Waals surface area contributed by atoms with Crippen molar-refractivity contribution in [2.75, 3.05) is 4.31 Å². The van der Waals surface area contributed by atoms with Crippen LogP contribution in [0, 0.1) is 10.5 Å². The van der Waals surface area contributed by atoms with Gasteiger partial charge in [0, 0.05) is 3.57 Å². The van der Waals surface area contributed by atoms with E-state index in [1.807, 2.05) is 13.0 Å². The van der Waals surface area contributed by atoms with Crippen LogP contribution in [0.3, 0.4) is 0 Å². The van der Waals surface area contributed by atoms with Crippen LogP contribution in [0.2, 0.25) is 0 Å². The minimum absolute atomic E-state index is 0.117. The number of carbonyl (C=O) groups is 1. The van der Waals surface area contributed by atoms with Crippen molar-refractivity contribution in [1.29, 1.82) is 0 Å². The number of nitrogens with zero attached hydrogens (tertiary/aromatic N) is 1. The highest BCUT2D eigenvalue weighted by Crippen LogP contribution is 2.28. The van der Waals surface area contributed by atoms with Gasteiger partial charge in [0.2, 0.25) is 5.24 Å². The first-order chi connectivity index (χ1) is 10.7. The Morgan fingerprint density at radius 1 is 1.17 bits per heavy atom. The molecule has 0 aliphatic rings. The van der Waals surface area contributed by atoms with Crippen molar-refractivity contribution in [2.45, 2.75) is 24.8 Å². The van der Waals surface area contributed by atoms with Crippen LogP contribution in [0.4, 0.5) is 5.69 Å². The standard InChI is InChI=1S/C16H15ClINO3S/c1-11-6-8-15(9-7-11)23(21,22)19(12(2)16(17)20)14-5-3-4-13(18)10-14/h3-10,12H,1-2H3. The van der Waals surface area contributed by atoms with Gasteiger partial charge >= 0.3 is 0 Å². The van der Waals surface area contributed by atoms with Gasteiger partial charge < -0.3 is 0 Å². The maximum Gasteiger partial charge on any atom is 0.265 e. The number of rotatable bonds is 5. The van der Waals surface area contributed by atoms with E-state index in [0.717, 1.165) is 13.4 Å². The van der Waals surface area contributed by atoms with Crippen molar-refractivity contribution in [2.24, 2.45) is 0 Å². The molecule has 0 aliphatic heterocycles. The van der Waals surface area contributed by atoms with Crippen LogP contribution in [0.5, 0.6) is 0 Å². The van der Waals surface area contributed by atoms with E-state index in [-0.39, 0.29) is 4.90 Å². The van der Waals surface area contributed by atoms with Gasteiger partial charge in [-0.1, -0.05) is 23.8 Å². The van der Waals surface area contributed by atoms with Crippen molar-refractivity contribution in [1.82, 2.24) is 0 Å². The van der Waals surface area contributed by atoms with Gasteiger partial charge in [-0.25, -0.2) is 8.42 Å². The van der Waals surface area contributed by atoms with E-state index in [1.165, 1.54) is 19.1 Å². The van der Waals surface area contributed by atoms with Crippen molar-refractivity contribution in [3.63, 3.8) is 0 Å². The van der Waals surface area contributed by atoms with E-state index in [9.17, 15) is 13.2 Å². The minimum atomic E-state index is -3.91. The molecule has 0 radical (unpaired) electrons. The summed E-state index contributed by atoms with van der Waals surface area (Å²) < 4.78 is 28.0. The molecule has 0 saturated carbocycles. The van der Waals surface area contributed by atoms with Crippen LogP contribution in [0.15, 0.2) is 53.4 Å². The predicted molar refractivity (Wildman–Crippen MR) is 100 cm³/mol. The van der Waals surface area contributed by atoms with Gasteiger partial charge in [0.1, 0.15) is 6.04 Å². The Morgan fingerprint density at radius 2 is 1.78 bits per heavy atom. The van der Waals surface area contributed by atoms with Crippen LogP contribution >= 0.6 is 34.2 Å². The van der Waals surface area contributed by atoms with Crippen LogP contribution in [-0.2, 0) is 14.8 Å². The van der Waals surface area contributed by atoms with E-state index < -0.39 is 21.3 Å². The van der Waals surface area contributed by atoms with Gasteiger partial charge in [-0.15, -0.1) is 0 Å². The monoisotopic (exact) mass is 463 g/mol. The van der Waals surface area contributed by atoms with Gasteiger partial charge in [0.25, 0.3) is 10.0 Å². The fourth-order valence-electron chi connectivity index (χ4n) is 2.10. The normalized spacial score (nSPS) is 12.7. The van der Waals surface area contributed by atoms with Gasteiger partial charge in [-0.2, -0.15) is 0 Å². The number of benzene rings is 2. The molecule has 0 saturated heterocycles. The molecule has 122 valence electrons. The Balaban J connectivity index is 2.61. The molecule has 2 aromatic rings. The van der Waals surface area contributed by atoms with E-state index >= 15 is 0 Å². The second kappa shape index (κ2) is 7.19. The Bertz CT molecular complexity index is 821. The smallest absolute Gasteiger partial charge is 0.265 e. The molecule has 0 heterocycles. The first kappa shape index (κ1) is 18.2. The quantitative estimate of drug-likeness (QED) is 0.498. The SMILES string of the molecule is Cc1ccc(S(=O)(=O)N(c2cccc(I)c2)C(C)C(=O)Cl)cc1. The number of hydrogen-bond donors (Lipinski definition) is 0. The first-order valence-electron chi connectivity index (χ1n) is 6.79. The molecule has 0 aliphatic carbocycles. The van der Waals surface area contributed by atoms with E-state index in [4.69, 9.17) is 11.6 Å². The zero-order valence-electron chi connectivity index (χ0n) is 12.5. The molecule has 0 N–H and O–H groups in total. The largest absolute Gasteiger partial charge is 0.279 e. The molecule has 2 aromatic carbocycles. The molecule has 0 amide bonds. The molecular weight excluding hydrogens is 449 g/mol. The summed E-state index contributed by atoms with van der Waals surface area (Å²) in [5.74, 6) is 0. The average molecular weight is 464 g/mol. The number of aryl methyl sites for hydroxylation is 1. The molecule has 4 nitrogen and oxygen atoms in total. The number of sulfonamides is 1. The second-order valence-corrected chi connectivity index (χ2v) is 8.51. The summed E-state index contributed by atoms with van der Waals surface area (Å²) >= 11 is 7.67. The van der Waals surface area contributed by atoms with Gasteiger partial charge in [0.15, 0.2) is 0 Å². The number of anilines is 1. The molecule has 0 bridgehead atoms. The summed E-state index contributed by atoms with van der Waals surface area (Å²) in [4.78, 5) is 11.8. The highest BCUT2D eigenvalue weighted by atomic mass is 127.